The quantitative estimate of drug-likeness (QED) is 0.353. The first kappa shape index (κ1) is 20.5. The van der Waals surface area contributed by atoms with Crippen LogP contribution in [0.2, 0.25) is 18.1 Å². The Morgan fingerprint density at radius 1 is 1.36 bits per heavy atom. The van der Waals surface area contributed by atoms with Crippen molar-refractivity contribution < 1.29 is 13.9 Å². The van der Waals surface area contributed by atoms with E-state index >= 15 is 0 Å². The molecular formula is C21H36O3Si. The van der Waals surface area contributed by atoms with Crippen molar-refractivity contribution in [3.63, 3.8) is 0 Å². The molecule has 0 spiro atoms. The number of rotatable bonds is 5. The Kier molecular flexibility index (Phi) is 6.39. The minimum atomic E-state index is -1.85. The van der Waals surface area contributed by atoms with Gasteiger partial charge in [-0.05, 0) is 57.3 Å². The molecule has 3 nitrogen and oxygen atoms in total. The summed E-state index contributed by atoms with van der Waals surface area (Å²) < 4.78 is 18.9. The van der Waals surface area contributed by atoms with Gasteiger partial charge in [0.25, 0.3) is 0 Å². The van der Waals surface area contributed by atoms with Crippen molar-refractivity contribution >= 4 is 8.32 Å². The molecular weight excluding hydrogens is 328 g/mol. The Balaban J connectivity index is 2.28. The van der Waals surface area contributed by atoms with Crippen LogP contribution < -0.4 is 0 Å². The minimum absolute atomic E-state index is 0.00867. The maximum Gasteiger partial charge on any atom is 0.192 e. The van der Waals surface area contributed by atoms with Crippen LogP contribution in [0, 0.1) is 0 Å². The summed E-state index contributed by atoms with van der Waals surface area (Å²) in [4.78, 5) is 0. The maximum absolute atomic E-state index is 6.76. The zero-order chi connectivity index (χ0) is 18.8. The van der Waals surface area contributed by atoms with E-state index in [1.807, 2.05) is 6.92 Å². The number of fused-ring (bicyclic) bond motifs is 2. The molecule has 2 aliphatic heterocycles. The van der Waals surface area contributed by atoms with Crippen LogP contribution in [0.1, 0.15) is 53.9 Å². The van der Waals surface area contributed by atoms with Crippen LogP contribution in [0.25, 0.3) is 0 Å². The third-order valence-electron chi connectivity index (χ3n) is 5.72. The van der Waals surface area contributed by atoms with Crippen LogP contribution in [-0.4, -0.2) is 33.2 Å². The van der Waals surface area contributed by atoms with Crippen LogP contribution >= 0.6 is 0 Å². The van der Waals surface area contributed by atoms with E-state index in [-0.39, 0.29) is 23.4 Å². The molecule has 0 fully saturated rings. The molecule has 0 saturated carbocycles. The third kappa shape index (κ3) is 4.87. The molecule has 0 aromatic heterocycles. The number of hydrogen-bond donors (Lipinski definition) is 0. The first-order valence-corrected chi connectivity index (χ1v) is 12.5. The molecule has 0 amide bonds. The predicted octanol–water partition coefficient (Wildman–Crippen LogP) is 5.75. The van der Waals surface area contributed by atoms with E-state index in [0.717, 1.165) is 30.6 Å². The topological polar surface area (TPSA) is 27.7 Å². The minimum Gasteiger partial charge on any atom is -0.494 e. The molecule has 0 unspecified atom stereocenters. The van der Waals surface area contributed by atoms with E-state index < -0.39 is 8.32 Å². The van der Waals surface area contributed by atoms with E-state index in [1.165, 1.54) is 5.57 Å². The fraction of sp³-hybridized carbons (Fsp3) is 0.714. The Morgan fingerprint density at radius 2 is 2.04 bits per heavy atom. The normalized spacial score (nSPS) is 29.8. The first-order chi connectivity index (χ1) is 11.5. The highest BCUT2D eigenvalue weighted by atomic mass is 28.4. The molecule has 0 aromatic rings. The van der Waals surface area contributed by atoms with Gasteiger partial charge in [0.15, 0.2) is 8.32 Å². The van der Waals surface area contributed by atoms with Crippen molar-refractivity contribution in [2.24, 2.45) is 0 Å². The summed E-state index contributed by atoms with van der Waals surface area (Å²) in [5.74, 6) is 0.745. The molecule has 142 valence electrons. The lowest BCUT2D eigenvalue weighted by molar-refractivity contribution is -0.0189. The Labute approximate surface area is 155 Å². The van der Waals surface area contributed by atoms with Crippen molar-refractivity contribution in [2.75, 3.05) is 6.61 Å². The monoisotopic (exact) mass is 364 g/mol. The van der Waals surface area contributed by atoms with Gasteiger partial charge in [-0.25, -0.2) is 0 Å². The van der Waals surface area contributed by atoms with Crippen LogP contribution in [0.5, 0.6) is 0 Å². The molecule has 2 rings (SSSR count). The summed E-state index contributed by atoms with van der Waals surface area (Å²) in [7, 11) is -1.85. The molecule has 2 bridgehead atoms. The van der Waals surface area contributed by atoms with Gasteiger partial charge in [-0.15, -0.1) is 0 Å². The first-order valence-electron chi connectivity index (χ1n) is 9.58. The fourth-order valence-electron chi connectivity index (χ4n) is 3.18. The maximum atomic E-state index is 6.76. The summed E-state index contributed by atoms with van der Waals surface area (Å²) in [6, 6.07) is 0. The lowest BCUT2D eigenvalue weighted by atomic mass is 9.98. The molecule has 4 heteroatoms. The van der Waals surface area contributed by atoms with E-state index in [1.54, 1.807) is 0 Å². The predicted molar refractivity (Wildman–Crippen MR) is 107 cm³/mol. The summed E-state index contributed by atoms with van der Waals surface area (Å²) in [6.45, 7) is 20.4. The highest BCUT2D eigenvalue weighted by molar-refractivity contribution is 6.74. The number of allylic oxidation sites excluding steroid dienone is 1. The number of hydrogen-bond acceptors (Lipinski definition) is 3. The van der Waals surface area contributed by atoms with E-state index in [9.17, 15) is 0 Å². The van der Waals surface area contributed by atoms with Crippen LogP contribution in [-0.2, 0) is 13.9 Å². The molecule has 0 saturated heterocycles. The van der Waals surface area contributed by atoms with E-state index in [4.69, 9.17) is 13.9 Å². The van der Waals surface area contributed by atoms with Gasteiger partial charge in [0.2, 0.25) is 0 Å². The zero-order valence-corrected chi connectivity index (χ0v) is 18.1. The van der Waals surface area contributed by atoms with Crippen molar-refractivity contribution in [3.05, 3.63) is 35.6 Å². The van der Waals surface area contributed by atoms with Crippen LogP contribution in [0.4, 0.5) is 0 Å². The van der Waals surface area contributed by atoms with E-state index in [2.05, 4.69) is 59.5 Å². The molecule has 2 heterocycles. The van der Waals surface area contributed by atoms with Crippen LogP contribution in [0.15, 0.2) is 35.6 Å². The van der Waals surface area contributed by atoms with Crippen molar-refractivity contribution in [1.82, 2.24) is 0 Å². The van der Waals surface area contributed by atoms with Gasteiger partial charge < -0.3 is 13.9 Å². The molecule has 0 aliphatic carbocycles. The standard InChI is InChI=1S/C21H36O3Si/c1-9-22-16(3)17-14-20-18(24-25(7,8)21(4,5)6)12-10-11-15(2)13-19(17)23-20/h11,14,18-20H,3,9-10,12-13H2,1-2,4-8H3/b15-11+/t18-,19+,20+/m0/s1. The molecule has 0 aromatic carbocycles. The molecule has 0 radical (unpaired) electrons. The van der Waals surface area contributed by atoms with Gasteiger partial charge in [0, 0.05) is 5.57 Å². The number of ether oxygens (including phenoxy) is 2. The van der Waals surface area contributed by atoms with Gasteiger partial charge in [-0.2, -0.15) is 0 Å². The van der Waals surface area contributed by atoms with Crippen molar-refractivity contribution in [1.29, 1.82) is 0 Å². The summed E-state index contributed by atoms with van der Waals surface area (Å²) >= 11 is 0. The smallest absolute Gasteiger partial charge is 0.192 e. The third-order valence-corrected chi connectivity index (χ3v) is 10.2. The lowest BCUT2D eigenvalue weighted by Gasteiger charge is -2.40. The molecule has 0 N–H and O–H groups in total. The Bertz CT molecular complexity index is 554. The molecule has 3 atom stereocenters. The van der Waals surface area contributed by atoms with Gasteiger partial charge in [0.05, 0.1) is 18.8 Å². The second-order valence-electron chi connectivity index (χ2n) is 8.82. The summed E-state index contributed by atoms with van der Waals surface area (Å²) in [6.07, 6.45) is 7.61. The van der Waals surface area contributed by atoms with Gasteiger partial charge in [-0.1, -0.05) is 39.0 Å². The largest absolute Gasteiger partial charge is 0.494 e. The summed E-state index contributed by atoms with van der Waals surface area (Å²) in [5, 5.41) is 0.191. The van der Waals surface area contributed by atoms with Crippen LogP contribution in [0.3, 0.4) is 0 Å². The van der Waals surface area contributed by atoms with Gasteiger partial charge in [-0.3, -0.25) is 0 Å². The summed E-state index contributed by atoms with van der Waals surface area (Å²) in [5.41, 5.74) is 2.47. The van der Waals surface area contributed by atoms with Crippen molar-refractivity contribution in [2.45, 2.75) is 90.3 Å². The average molecular weight is 365 g/mol. The second kappa shape index (κ2) is 7.81. The zero-order valence-electron chi connectivity index (χ0n) is 17.1. The molecule has 25 heavy (non-hydrogen) atoms. The van der Waals surface area contributed by atoms with Gasteiger partial charge >= 0.3 is 0 Å². The SMILES string of the molecule is C=C(OCC)C1=C[C@H]2O[C@@H]1C/C(C)=C/CC[C@@H]2O[Si](C)(C)C(C)(C)C. The Hall–Kier alpha value is -0.843. The highest BCUT2D eigenvalue weighted by Gasteiger charge is 2.43. The van der Waals surface area contributed by atoms with E-state index in [0.29, 0.717) is 6.61 Å². The fourth-order valence-corrected chi connectivity index (χ4v) is 4.55. The van der Waals surface area contributed by atoms with Crippen molar-refractivity contribution in [3.8, 4) is 0 Å². The average Bonchev–Trinajstić information content (AvgIpc) is 2.90. The highest BCUT2D eigenvalue weighted by Crippen LogP contribution is 2.40. The van der Waals surface area contributed by atoms with Gasteiger partial charge in [0.1, 0.15) is 11.9 Å². The second-order valence-corrected chi connectivity index (χ2v) is 13.6. The lowest BCUT2D eigenvalue weighted by Crippen LogP contribution is -2.47. The molecule has 2 aliphatic rings. The Morgan fingerprint density at radius 3 is 2.64 bits per heavy atom.